The Hall–Kier alpha value is -0.0400. The molecule has 0 spiro atoms. The lowest BCUT2D eigenvalue weighted by atomic mass is 9.67. The predicted octanol–water partition coefficient (Wildman–Crippen LogP) is 4.00. The molecule has 1 N–H and O–H groups in total. The molecule has 0 aromatic heterocycles. The Labute approximate surface area is 95.3 Å². The van der Waals surface area contributed by atoms with Gasteiger partial charge in [-0.05, 0) is 50.4 Å². The van der Waals surface area contributed by atoms with Gasteiger partial charge in [-0.15, -0.1) is 0 Å². The van der Waals surface area contributed by atoms with Crippen LogP contribution in [0.2, 0.25) is 0 Å². The van der Waals surface area contributed by atoms with E-state index < -0.39 is 5.60 Å². The van der Waals surface area contributed by atoms with Crippen LogP contribution in [0.25, 0.3) is 0 Å². The van der Waals surface area contributed by atoms with Crippen molar-refractivity contribution in [1.29, 1.82) is 0 Å². The monoisotopic (exact) mass is 212 g/mol. The lowest BCUT2D eigenvalue weighted by Gasteiger charge is -2.39. The van der Waals surface area contributed by atoms with Crippen molar-refractivity contribution in [2.75, 3.05) is 0 Å². The summed E-state index contributed by atoms with van der Waals surface area (Å²) in [5.41, 5.74) is -0.0390. The summed E-state index contributed by atoms with van der Waals surface area (Å²) >= 11 is 0. The molecular formula is C14H28O. The number of rotatable bonds is 2. The van der Waals surface area contributed by atoms with E-state index >= 15 is 0 Å². The maximum absolute atomic E-state index is 9.86. The SMILES string of the molecule is CC(C)(O)CC1CCCC(C(C)(C)C)C1. The molecule has 1 heteroatoms. The molecule has 0 aliphatic heterocycles. The van der Waals surface area contributed by atoms with Gasteiger partial charge < -0.3 is 5.11 Å². The van der Waals surface area contributed by atoms with Gasteiger partial charge in [0.25, 0.3) is 0 Å². The zero-order valence-corrected chi connectivity index (χ0v) is 11.1. The van der Waals surface area contributed by atoms with Crippen molar-refractivity contribution >= 4 is 0 Å². The van der Waals surface area contributed by atoms with Crippen LogP contribution in [0.1, 0.15) is 66.7 Å². The van der Waals surface area contributed by atoms with Gasteiger partial charge in [-0.2, -0.15) is 0 Å². The highest BCUT2D eigenvalue weighted by Gasteiger charge is 2.32. The molecule has 2 unspecified atom stereocenters. The molecule has 1 aliphatic carbocycles. The van der Waals surface area contributed by atoms with Crippen molar-refractivity contribution in [3.63, 3.8) is 0 Å². The molecule has 1 aliphatic rings. The third-order valence-electron chi connectivity index (χ3n) is 3.80. The van der Waals surface area contributed by atoms with Crippen LogP contribution in [0, 0.1) is 17.3 Å². The summed E-state index contributed by atoms with van der Waals surface area (Å²) < 4.78 is 0. The number of hydrogen-bond acceptors (Lipinski definition) is 1. The third-order valence-corrected chi connectivity index (χ3v) is 3.80. The quantitative estimate of drug-likeness (QED) is 0.733. The fourth-order valence-corrected chi connectivity index (χ4v) is 2.97. The van der Waals surface area contributed by atoms with Crippen molar-refractivity contribution in [2.24, 2.45) is 17.3 Å². The minimum absolute atomic E-state index is 0.443. The molecule has 15 heavy (non-hydrogen) atoms. The second-order valence-electron chi connectivity index (χ2n) is 7.11. The summed E-state index contributed by atoms with van der Waals surface area (Å²) in [7, 11) is 0. The van der Waals surface area contributed by atoms with Crippen LogP contribution in [-0.4, -0.2) is 10.7 Å². The Bertz CT molecular complexity index is 194. The summed E-state index contributed by atoms with van der Waals surface area (Å²) in [5, 5.41) is 9.86. The predicted molar refractivity (Wildman–Crippen MR) is 65.8 cm³/mol. The fraction of sp³-hybridized carbons (Fsp3) is 1.00. The van der Waals surface area contributed by atoms with Crippen LogP contribution >= 0.6 is 0 Å². The van der Waals surface area contributed by atoms with E-state index in [1.807, 2.05) is 13.8 Å². The van der Waals surface area contributed by atoms with E-state index in [1.165, 1.54) is 25.7 Å². The van der Waals surface area contributed by atoms with Gasteiger partial charge in [-0.3, -0.25) is 0 Å². The van der Waals surface area contributed by atoms with Gasteiger partial charge in [0, 0.05) is 0 Å². The number of hydrogen-bond donors (Lipinski definition) is 1. The lowest BCUT2D eigenvalue weighted by Crippen LogP contribution is -2.31. The molecular weight excluding hydrogens is 184 g/mol. The van der Waals surface area contributed by atoms with E-state index in [1.54, 1.807) is 0 Å². The van der Waals surface area contributed by atoms with E-state index in [9.17, 15) is 5.11 Å². The normalized spacial score (nSPS) is 29.2. The summed E-state index contributed by atoms with van der Waals surface area (Å²) in [6, 6.07) is 0. The maximum atomic E-state index is 9.86. The molecule has 0 bridgehead atoms. The average Bonchev–Trinajstić information content (AvgIpc) is 1.99. The van der Waals surface area contributed by atoms with E-state index in [0.717, 1.165) is 18.3 Å². The van der Waals surface area contributed by atoms with Crippen molar-refractivity contribution < 1.29 is 5.11 Å². The van der Waals surface area contributed by atoms with Gasteiger partial charge >= 0.3 is 0 Å². The molecule has 1 fully saturated rings. The Balaban J connectivity index is 2.50. The number of aliphatic hydroxyl groups is 1. The van der Waals surface area contributed by atoms with Gasteiger partial charge in [0.15, 0.2) is 0 Å². The zero-order valence-electron chi connectivity index (χ0n) is 11.1. The first-order valence-electron chi connectivity index (χ1n) is 6.41. The summed E-state index contributed by atoms with van der Waals surface area (Å²) in [4.78, 5) is 0. The molecule has 0 amide bonds. The molecule has 1 nitrogen and oxygen atoms in total. The molecule has 0 saturated heterocycles. The van der Waals surface area contributed by atoms with E-state index in [0.29, 0.717) is 5.41 Å². The van der Waals surface area contributed by atoms with E-state index in [4.69, 9.17) is 0 Å². The summed E-state index contributed by atoms with van der Waals surface area (Å²) in [6.45, 7) is 10.9. The molecule has 0 heterocycles. The first-order valence-corrected chi connectivity index (χ1v) is 6.41. The minimum atomic E-state index is -0.482. The highest BCUT2D eigenvalue weighted by molar-refractivity contribution is 4.83. The van der Waals surface area contributed by atoms with Crippen LogP contribution in [-0.2, 0) is 0 Å². The topological polar surface area (TPSA) is 20.2 Å². The first-order chi connectivity index (χ1) is 6.68. The van der Waals surface area contributed by atoms with Crippen molar-refractivity contribution in [2.45, 2.75) is 72.3 Å². The Morgan fingerprint density at radius 3 is 2.13 bits per heavy atom. The van der Waals surface area contributed by atoms with Crippen LogP contribution in [0.3, 0.4) is 0 Å². The standard InChI is InChI=1S/C14H28O/c1-13(2,3)12-8-6-7-11(9-12)10-14(4,5)15/h11-12,15H,6-10H2,1-5H3. The molecule has 0 radical (unpaired) electrons. The molecule has 2 atom stereocenters. The smallest absolute Gasteiger partial charge is 0.0594 e. The highest BCUT2D eigenvalue weighted by atomic mass is 16.3. The van der Waals surface area contributed by atoms with Gasteiger partial charge in [-0.25, -0.2) is 0 Å². The highest BCUT2D eigenvalue weighted by Crippen LogP contribution is 2.42. The summed E-state index contributed by atoms with van der Waals surface area (Å²) in [5.74, 6) is 1.58. The maximum Gasteiger partial charge on any atom is 0.0594 e. The van der Waals surface area contributed by atoms with Crippen molar-refractivity contribution in [3.05, 3.63) is 0 Å². The van der Waals surface area contributed by atoms with Gasteiger partial charge in [0.05, 0.1) is 5.60 Å². The molecule has 90 valence electrons. The first kappa shape index (κ1) is 13.0. The third kappa shape index (κ3) is 4.55. The van der Waals surface area contributed by atoms with Crippen LogP contribution in [0.5, 0.6) is 0 Å². The van der Waals surface area contributed by atoms with Crippen LogP contribution in [0.15, 0.2) is 0 Å². The molecule has 0 aromatic carbocycles. The molecule has 0 aromatic rings. The van der Waals surface area contributed by atoms with Gasteiger partial charge in [0.2, 0.25) is 0 Å². The zero-order chi connectivity index (χ0) is 11.7. The second kappa shape index (κ2) is 4.45. The Morgan fingerprint density at radius 1 is 1.07 bits per heavy atom. The average molecular weight is 212 g/mol. The van der Waals surface area contributed by atoms with E-state index in [-0.39, 0.29) is 0 Å². The van der Waals surface area contributed by atoms with Crippen LogP contribution < -0.4 is 0 Å². The fourth-order valence-electron chi connectivity index (χ4n) is 2.97. The van der Waals surface area contributed by atoms with Crippen LogP contribution in [0.4, 0.5) is 0 Å². The van der Waals surface area contributed by atoms with Gasteiger partial charge in [-0.1, -0.05) is 33.6 Å². The Morgan fingerprint density at radius 2 is 1.67 bits per heavy atom. The minimum Gasteiger partial charge on any atom is -0.390 e. The Kier molecular flexibility index (Phi) is 3.86. The second-order valence-corrected chi connectivity index (χ2v) is 7.11. The molecule has 1 saturated carbocycles. The van der Waals surface area contributed by atoms with Gasteiger partial charge in [0.1, 0.15) is 0 Å². The summed E-state index contributed by atoms with van der Waals surface area (Å²) in [6.07, 6.45) is 6.33. The largest absolute Gasteiger partial charge is 0.390 e. The van der Waals surface area contributed by atoms with Crippen molar-refractivity contribution in [3.8, 4) is 0 Å². The van der Waals surface area contributed by atoms with E-state index in [2.05, 4.69) is 20.8 Å². The molecule has 1 rings (SSSR count). The lowest BCUT2D eigenvalue weighted by molar-refractivity contribution is 0.0306. The van der Waals surface area contributed by atoms with Crippen molar-refractivity contribution in [1.82, 2.24) is 0 Å².